The quantitative estimate of drug-likeness (QED) is 0.496. The highest BCUT2D eigenvalue weighted by Crippen LogP contribution is 2.34. The molecule has 0 aromatic carbocycles. The van der Waals surface area contributed by atoms with Crippen molar-refractivity contribution in [2.45, 2.75) is 32.6 Å². The molecule has 0 spiro atoms. The molecule has 0 aliphatic heterocycles. The molecule has 2 N–H and O–H groups in total. The van der Waals surface area contributed by atoms with E-state index in [0.29, 0.717) is 11.9 Å². The molecule has 1 aliphatic carbocycles. The number of carbonyl (C=O) groups is 1. The zero-order valence-electron chi connectivity index (χ0n) is 13.2. The molecule has 22 heavy (non-hydrogen) atoms. The summed E-state index contributed by atoms with van der Waals surface area (Å²) in [7, 11) is 1.96. The molecule has 120 valence electrons. The summed E-state index contributed by atoms with van der Waals surface area (Å²) in [6, 6.07) is 0. The van der Waals surface area contributed by atoms with Crippen molar-refractivity contribution >= 4 is 11.9 Å². The van der Waals surface area contributed by atoms with Crippen LogP contribution >= 0.6 is 0 Å². The Morgan fingerprint density at radius 2 is 2.05 bits per heavy atom. The lowest BCUT2D eigenvalue weighted by Gasteiger charge is -2.32. The molecular formula is C16H24N4O2. The molecular weight excluding hydrogens is 280 g/mol. The number of hydroxylamine groups is 1. The van der Waals surface area contributed by atoms with Gasteiger partial charge in [0.25, 0.3) is 5.91 Å². The van der Waals surface area contributed by atoms with E-state index in [0.717, 1.165) is 25.3 Å². The van der Waals surface area contributed by atoms with Crippen molar-refractivity contribution in [2.75, 3.05) is 18.5 Å². The Kier molecular flexibility index (Phi) is 5.49. The maximum Gasteiger partial charge on any atom is 0.277 e. The lowest BCUT2D eigenvalue weighted by Crippen LogP contribution is -2.31. The molecule has 0 radical (unpaired) electrons. The van der Waals surface area contributed by atoms with Crippen molar-refractivity contribution in [1.82, 2.24) is 15.4 Å². The topological polar surface area (TPSA) is 78.4 Å². The van der Waals surface area contributed by atoms with E-state index in [-0.39, 0.29) is 5.56 Å². The van der Waals surface area contributed by atoms with Gasteiger partial charge >= 0.3 is 0 Å². The summed E-state index contributed by atoms with van der Waals surface area (Å²) in [6.07, 6.45) is 7.45. The predicted octanol–water partition coefficient (Wildman–Crippen LogP) is 2.41. The lowest BCUT2D eigenvalue weighted by atomic mass is 9.78. The highest BCUT2D eigenvalue weighted by atomic mass is 16.5. The number of nitrogens with one attached hydrogen (secondary N) is 1. The summed E-state index contributed by atoms with van der Waals surface area (Å²) < 4.78 is 0. The van der Waals surface area contributed by atoms with Gasteiger partial charge in [0.15, 0.2) is 0 Å². The fourth-order valence-corrected chi connectivity index (χ4v) is 3.16. The number of nitrogens with zero attached hydrogens (tertiary/aromatic N) is 3. The van der Waals surface area contributed by atoms with Gasteiger partial charge in [-0.25, -0.2) is 15.4 Å². The van der Waals surface area contributed by atoms with E-state index in [4.69, 9.17) is 5.21 Å². The average molecular weight is 304 g/mol. The van der Waals surface area contributed by atoms with Crippen LogP contribution in [0.4, 0.5) is 5.95 Å². The molecule has 2 atom stereocenters. The van der Waals surface area contributed by atoms with Gasteiger partial charge in [-0.15, -0.1) is 0 Å². The molecule has 0 bridgehead atoms. The van der Waals surface area contributed by atoms with Crippen LogP contribution in [0.15, 0.2) is 24.5 Å². The summed E-state index contributed by atoms with van der Waals surface area (Å²) in [4.78, 5) is 21.6. The van der Waals surface area contributed by atoms with E-state index in [1.54, 1.807) is 5.48 Å². The first-order valence-corrected chi connectivity index (χ1v) is 7.67. The normalized spacial score (nSPS) is 21.5. The van der Waals surface area contributed by atoms with Gasteiger partial charge in [0, 0.05) is 26.0 Å². The summed E-state index contributed by atoms with van der Waals surface area (Å²) in [6.45, 7) is 7.28. The van der Waals surface area contributed by atoms with Gasteiger partial charge in [-0.1, -0.05) is 25.5 Å². The summed E-state index contributed by atoms with van der Waals surface area (Å²) in [5.74, 6) is 1.28. The van der Waals surface area contributed by atoms with Crippen molar-refractivity contribution in [3.05, 3.63) is 30.1 Å². The SMILES string of the molecule is C=C1CC(CC)CC(CN(C)c2ncc(C(=O)NO)cn2)C1. The van der Waals surface area contributed by atoms with Crippen molar-refractivity contribution in [3.63, 3.8) is 0 Å². The first kappa shape index (κ1) is 16.4. The molecule has 2 unspecified atom stereocenters. The molecule has 0 saturated heterocycles. The van der Waals surface area contributed by atoms with Crippen molar-refractivity contribution in [2.24, 2.45) is 11.8 Å². The molecule has 1 aromatic heterocycles. The largest absolute Gasteiger partial charge is 0.344 e. The second-order valence-electron chi connectivity index (χ2n) is 6.13. The van der Waals surface area contributed by atoms with Crippen LogP contribution in [0, 0.1) is 11.8 Å². The van der Waals surface area contributed by atoms with Crippen LogP contribution in [0.3, 0.4) is 0 Å². The van der Waals surface area contributed by atoms with Crippen molar-refractivity contribution in [3.8, 4) is 0 Å². The molecule has 1 saturated carbocycles. The predicted molar refractivity (Wildman–Crippen MR) is 84.8 cm³/mol. The molecule has 6 nitrogen and oxygen atoms in total. The standard InChI is InChI=1S/C16H24N4O2/c1-4-12-5-11(2)6-13(7-12)10-20(3)16-17-8-14(9-18-16)15(21)19-22/h8-9,12-13,22H,2,4-7,10H2,1,3H3,(H,19,21). The van der Waals surface area contributed by atoms with Crippen LogP contribution in [-0.4, -0.2) is 34.7 Å². The number of hydrogen-bond donors (Lipinski definition) is 2. The number of hydrogen-bond acceptors (Lipinski definition) is 5. The van der Waals surface area contributed by atoms with Crippen LogP contribution in [0.2, 0.25) is 0 Å². The van der Waals surface area contributed by atoms with Gasteiger partial charge in [0.1, 0.15) is 0 Å². The van der Waals surface area contributed by atoms with Crippen molar-refractivity contribution < 1.29 is 10.0 Å². The first-order valence-electron chi connectivity index (χ1n) is 7.67. The Balaban J connectivity index is 1.98. The van der Waals surface area contributed by atoms with Crippen LogP contribution in [0.25, 0.3) is 0 Å². The minimum absolute atomic E-state index is 0.233. The second kappa shape index (κ2) is 7.35. The van der Waals surface area contributed by atoms with E-state index in [1.807, 2.05) is 11.9 Å². The second-order valence-corrected chi connectivity index (χ2v) is 6.13. The minimum atomic E-state index is -0.608. The molecule has 1 aromatic rings. The van der Waals surface area contributed by atoms with Crippen molar-refractivity contribution in [1.29, 1.82) is 0 Å². The van der Waals surface area contributed by atoms with E-state index >= 15 is 0 Å². The van der Waals surface area contributed by atoms with Gasteiger partial charge in [0.05, 0.1) is 5.56 Å². The fraction of sp³-hybridized carbons (Fsp3) is 0.562. The third-order valence-electron chi connectivity index (χ3n) is 4.27. The molecule has 2 rings (SSSR count). The van der Waals surface area contributed by atoms with Crippen LogP contribution in [0.5, 0.6) is 0 Å². The van der Waals surface area contributed by atoms with Gasteiger partial charge in [-0.2, -0.15) is 0 Å². The van der Waals surface area contributed by atoms with Crippen LogP contribution in [-0.2, 0) is 0 Å². The molecule has 1 aliphatic rings. The smallest absolute Gasteiger partial charge is 0.277 e. The maximum absolute atomic E-state index is 11.3. The van der Waals surface area contributed by atoms with E-state index in [2.05, 4.69) is 23.5 Å². The fourth-order valence-electron chi connectivity index (χ4n) is 3.16. The summed E-state index contributed by atoms with van der Waals surface area (Å²) >= 11 is 0. The number of anilines is 1. The first-order chi connectivity index (χ1) is 10.5. The van der Waals surface area contributed by atoms with E-state index in [9.17, 15) is 4.79 Å². The Morgan fingerprint density at radius 3 is 2.64 bits per heavy atom. The van der Waals surface area contributed by atoms with Crippen LogP contribution in [0.1, 0.15) is 43.0 Å². The number of aromatic nitrogens is 2. The Labute approximate surface area is 131 Å². The molecule has 1 amide bonds. The van der Waals surface area contributed by atoms with E-state index in [1.165, 1.54) is 30.8 Å². The Bertz CT molecular complexity index is 529. The molecule has 1 heterocycles. The third kappa shape index (κ3) is 4.04. The highest BCUT2D eigenvalue weighted by Gasteiger charge is 2.24. The van der Waals surface area contributed by atoms with Gasteiger partial charge in [-0.05, 0) is 31.1 Å². The zero-order chi connectivity index (χ0) is 16.1. The Morgan fingerprint density at radius 1 is 1.41 bits per heavy atom. The number of allylic oxidation sites excluding steroid dienone is 1. The lowest BCUT2D eigenvalue weighted by molar-refractivity contribution is 0.0705. The third-order valence-corrected chi connectivity index (χ3v) is 4.27. The summed E-state index contributed by atoms with van der Waals surface area (Å²) in [5, 5.41) is 8.58. The van der Waals surface area contributed by atoms with Gasteiger partial charge in [0.2, 0.25) is 5.95 Å². The highest BCUT2D eigenvalue weighted by molar-refractivity contribution is 5.92. The average Bonchev–Trinajstić information content (AvgIpc) is 2.53. The van der Waals surface area contributed by atoms with E-state index < -0.39 is 5.91 Å². The number of amides is 1. The number of rotatable bonds is 5. The van der Waals surface area contributed by atoms with Gasteiger partial charge < -0.3 is 4.90 Å². The molecule has 6 heteroatoms. The van der Waals surface area contributed by atoms with Crippen LogP contribution < -0.4 is 10.4 Å². The van der Waals surface area contributed by atoms with Gasteiger partial charge in [-0.3, -0.25) is 10.0 Å². The number of carbonyl (C=O) groups excluding carboxylic acids is 1. The summed E-state index contributed by atoms with van der Waals surface area (Å²) in [5.41, 5.74) is 3.14. The molecule has 1 fully saturated rings. The monoisotopic (exact) mass is 304 g/mol. The Hall–Kier alpha value is -1.95. The zero-order valence-corrected chi connectivity index (χ0v) is 13.2. The maximum atomic E-state index is 11.3. The minimum Gasteiger partial charge on any atom is -0.344 e.